The number of nitrogens with two attached hydrogens (primary N) is 1. The molecule has 0 radical (unpaired) electrons. The molecule has 2 aromatic rings. The summed E-state index contributed by atoms with van der Waals surface area (Å²) < 4.78 is 2.07. The van der Waals surface area contributed by atoms with E-state index < -0.39 is 0 Å². The van der Waals surface area contributed by atoms with Crippen LogP contribution in [0.1, 0.15) is 24.7 Å². The van der Waals surface area contributed by atoms with Crippen LogP contribution < -0.4 is 5.73 Å². The number of benzene rings is 1. The van der Waals surface area contributed by atoms with Gasteiger partial charge in [0, 0.05) is 12.1 Å². The van der Waals surface area contributed by atoms with Crippen molar-refractivity contribution in [1.29, 1.82) is 0 Å². The van der Waals surface area contributed by atoms with Gasteiger partial charge in [0.15, 0.2) is 5.82 Å². The van der Waals surface area contributed by atoms with Crippen LogP contribution >= 0.6 is 0 Å². The molecule has 5 heteroatoms. The van der Waals surface area contributed by atoms with Gasteiger partial charge in [0.05, 0.1) is 6.04 Å². The first-order chi connectivity index (χ1) is 8.25. The largest absolute Gasteiger partial charge is 0.508 e. The molecule has 0 saturated heterocycles. The Bertz CT molecular complexity index is 532. The molecular weight excluding hydrogens is 216 g/mol. The fourth-order valence-electron chi connectivity index (χ4n) is 2.23. The molecule has 1 aromatic heterocycles. The van der Waals surface area contributed by atoms with Gasteiger partial charge in [-0.15, -0.1) is 10.2 Å². The molecule has 2 heterocycles. The molecule has 1 aliphatic rings. The zero-order valence-electron chi connectivity index (χ0n) is 9.37. The first-order valence-electron chi connectivity index (χ1n) is 5.74. The minimum atomic E-state index is -0.0119. The monoisotopic (exact) mass is 230 g/mol. The Morgan fingerprint density at radius 3 is 2.76 bits per heavy atom. The summed E-state index contributed by atoms with van der Waals surface area (Å²) in [6.45, 7) is 0.909. The van der Waals surface area contributed by atoms with Gasteiger partial charge in [-0.2, -0.15) is 0 Å². The van der Waals surface area contributed by atoms with Crippen LogP contribution in [0.15, 0.2) is 24.3 Å². The normalized spacial score (nSPS) is 19.0. The van der Waals surface area contributed by atoms with Crippen LogP contribution in [0, 0.1) is 0 Å². The quantitative estimate of drug-likeness (QED) is 0.777. The van der Waals surface area contributed by atoms with E-state index in [2.05, 4.69) is 14.8 Å². The Labute approximate surface area is 98.9 Å². The lowest BCUT2D eigenvalue weighted by molar-refractivity contribution is 0.454. The van der Waals surface area contributed by atoms with Gasteiger partial charge in [-0.1, -0.05) is 0 Å². The Balaban J connectivity index is 2.07. The van der Waals surface area contributed by atoms with Crippen molar-refractivity contribution in [3.63, 3.8) is 0 Å². The lowest BCUT2D eigenvalue weighted by atomic mass is 10.1. The fourth-order valence-corrected chi connectivity index (χ4v) is 2.23. The highest BCUT2D eigenvalue weighted by Crippen LogP contribution is 2.27. The van der Waals surface area contributed by atoms with E-state index in [1.165, 1.54) is 0 Å². The number of phenolic OH excluding ortho intramolecular Hbond substituents is 1. The predicted molar refractivity (Wildman–Crippen MR) is 63.3 cm³/mol. The van der Waals surface area contributed by atoms with Crippen molar-refractivity contribution in [1.82, 2.24) is 14.8 Å². The van der Waals surface area contributed by atoms with Crippen molar-refractivity contribution in [2.75, 3.05) is 0 Å². The highest BCUT2D eigenvalue weighted by atomic mass is 16.3. The standard InChI is InChI=1S/C12H14N4O/c13-10-2-1-7-16-11(14-15-12(10)16)8-3-5-9(17)6-4-8/h3-6,10,17H,1-2,7,13H2. The van der Waals surface area contributed by atoms with E-state index in [0.717, 1.165) is 36.6 Å². The zero-order valence-corrected chi connectivity index (χ0v) is 9.37. The maximum atomic E-state index is 9.27. The van der Waals surface area contributed by atoms with Gasteiger partial charge in [-0.3, -0.25) is 0 Å². The Morgan fingerprint density at radius 1 is 1.24 bits per heavy atom. The summed E-state index contributed by atoms with van der Waals surface area (Å²) >= 11 is 0. The molecule has 1 atom stereocenters. The summed E-state index contributed by atoms with van der Waals surface area (Å²) in [5, 5.41) is 17.6. The first kappa shape index (κ1) is 10.3. The second kappa shape index (κ2) is 3.85. The lowest BCUT2D eigenvalue weighted by Crippen LogP contribution is -2.22. The smallest absolute Gasteiger partial charge is 0.164 e. The third-order valence-corrected chi connectivity index (χ3v) is 3.13. The average Bonchev–Trinajstić information content (AvgIpc) is 2.75. The molecule has 1 unspecified atom stereocenters. The molecule has 3 N–H and O–H groups in total. The van der Waals surface area contributed by atoms with Crippen molar-refractivity contribution < 1.29 is 5.11 Å². The summed E-state index contributed by atoms with van der Waals surface area (Å²) in [4.78, 5) is 0. The topological polar surface area (TPSA) is 77.0 Å². The lowest BCUT2D eigenvalue weighted by Gasteiger charge is -2.20. The molecule has 3 rings (SSSR count). The van der Waals surface area contributed by atoms with E-state index in [-0.39, 0.29) is 11.8 Å². The average molecular weight is 230 g/mol. The van der Waals surface area contributed by atoms with Gasteiger partial charge in [0.2, 0.25) is 0 Å². The van der Waals surface area contributed by atoms with Crippen molar-refractivity contribution in [2.45, 2.75) is 25.4 Å². The molecule has 0 aliphatic carbocycles. The Kier molecular flexibility index (Phi) is 2.33. The van der Waals surface area contributed by atoms with Crippen LogP contribution in [0.25, 0.3) is 11.4 Å². The number of hydrogen-bond donors (Lipinski definition) is 2. The minimum Gasteiger partial charge on any atom is -0.508 e. The van der Waals surface area contributed by atoms with E-state index in [4.69, 9.17) is 5.73 Å². The maximum Gasteiger partial charge on any atom is 0.164 e. The van der Waals surface area contributed by atoms with Crippen molar-refractivity contribution in [3.05, 3.63) is 30.1 Å². The summed E-state index contributed by atoms with van der Waals surface area (Å²) in [6.07, 6.45) is 2.02. The van der Waals surface area contributed by atoms with Crippen LogP contribution in [-0.2, 0) is 6.54 Å². The third-order valence-electron chi connectivity index (χ3n) is 3.13. The molecule has 5 nitrogen and oxygen atoms in total. The van der Waals surface area contributed by atoms with Gasteiger partial charge in [-0.05, 0) is 37.1 Å². The van der Waals surface area contributed by atoms with Crippen molar-refractivity contribution in [2.24, 2.45) is 5.73 Å². The van der Waals surface area contributed by atoms with Gasteiger partial charge >= 0.3 is 0 Å². The third kappa shape index (κ3) is 1.68. The Morgan fingerprint density at radius 2 is 2.00 bits per heavy atom. The van der Waals surface area contributed by atoms with Crippen LogP contribution in [0.2, 0.25) is 0 Å². The van der Waals surface area contributed by atoms with Crippen LogP contribution in [-0.4, -0.2) is 19.9 Å². The van der Waals surface area contributed by atoms with Gasteiger partial charge < -0.3 is 15.4 Å². The van der Waals surface area contributed by atoms with E-state index in [1.807, 2.05) is 12.1 Å². The van der Waals surface area contributed by atoms with Gasteiger partial charge in [0.25, 0.3) is 0 Å². The predicted octanol–water partition coefficient (Wildman–Crippen LogP) is 1.44. The first-order valence-corrected chi connectivity index (χ1v) is 5.74. The molecule has 0 fully saturated rings. The summed E-state index contributed by atoms with van der Waals surface area (Å²) in [6, 6.07) is 6.97. The van der Waals surface area contributed by atoms with Gasteiger partial charge in [-0.25, -0.2) is 0 Å². The number of hydrogen-bond acceptors (Lipinski definition) is 4. The maximum absolute atomic E-state index is 9.27. The van der Waals surface area contributed by atoms with E-state index in [9.17, 15) is 5.11 Å². The van der Waals surface area contributed by atoms with Crippen LogP contribution in [0.3, 0.4) is 0 Å². The SMILES string of the molecule is NC1CCCn2c(-c3ccc(O)cc3)nnc21. The van der Waals surface area contributed by atoms with E-state index in [1.54, 1.807) is 12.1 Å². The second-order valence-corrected chi connectivity index (χ2v) is 4.33. The summed E-state index contributed by atoms with van der Waals surface area (Å²) in [7, 11) is 0. The van der Waals surface area contributed by atoms with Crippen LogP contribution in [0.4, 0.5) is 0 Å². The molecule has 1 aliphatic heterocycles. The van der Waals surface area contributed by atoms with Crippen molar-refractivity contribution in [3.8, 4) is 17.1 Å². The molecule has 0 amide bonds. The molecule has 0 bridgehead atoms. The molecular formula is C12H14N4O. The number of nitrogens with zero attached hydrogens (tertiary/aromatic N) is 3. The summed E-state index contributed by atoms with van der Waals surface area (Å²) in [5.41, 5.74) is 6.95. The molecule has 0 spiro atoms. The molecule has 17 heavy (non-hydrogen) atoms. The summed E-state index contributed by atoms with van der Waals surface area (Å²) in [5.74, 6) is 1.94. The zero-order chi connectivity index (χ0) is 11.8. The number of fused-ring (bicyclic) bond motifs is 1. The second-order valence-electron chi connectivity index (χ2n) is 4.33. The van der Waals surface area contributed by atoms with E-state index in [0.29, 0.717) is 0 Å². The fraction of sp³-hybridized carbons (Fsp3) is 0.333. The van der Waals surface area contributed by atoms with Crippen LogP contribution in [0.5, 0.6) is 5.75 Å². The highest BCUT2D eigenvalue weighted by molar-refractivity contribution is 5.56. The number of phenols is 1. The molecule has 1 aromatic carbocycles. The van der Waals surface area contributed by atoms with E-state index >= 15 is 0 Å². The highest BCUT2D eigenvalue weighted by Gasteiger charge is 2.22. The number of rotatable bonds is 1. The molecule has 0 saturated carbocycles. The number of aromatic nitrogens is 3. The molecule has 88 valence electrons. The number of aromatic hydroxyl groups is 1. The van der Waals surface area contributed by atoms with Crippen molar-refractivity contribution >= 4 is 0 Å². The minimum absolute atomic E-state index is 0.0119. The van der Waals surface area contributed by atoms with Gasteiger partial charge in [0.1, 0.15) is 11.6 Å². The Hall–Kier alpha value is -1.88.